The van der Waals surface area contributed by atoms with E-state index < -0.39 is 11.6 Å². The lowest BCUT2D eigenvalue weighted by Gasteiger charge is -2.15. The topological polar surface area (TPSA) is 107 Å². The van der Waals surface area contributed by atoms with E-state index in [4.69, 9.17) is 0 Å². The van der Waals surface area contributed by atoms with Crippen LogP contribution in [-0.4, -0.2) is 51.3 Å². The van der Waals surface area contributed by atoms with Gasteiger partial charge in [-0.25, -0.2) is 9.78 Å². The second-order valence-electron chi connectivity index (χ2n) is 5.44. The Balaban J connectivity index is 1.72. The van der Waals surface area contributed by atoms with Gasteiger partial charge in [-0.05, 0) is 13.8 Å². The van der Waals surface area contributed by atoms with E-state index in [2.05, 4.69) is 20.6 Å². The fourth-order valence-electron chi connectivity index (χ4n) is 2.08. The largest absolute Gasteiger partial charge is 0.356 e. The molecule has 2 rings (SSSR count). The van der Waals surface area contributed by atoms with Gasteiger partial charge in [-0.2, -0.15) is 0 Å². The molecule has 0 aliphatic carbocycles. The van der Waals surface area contributed by atoms with Crippen molar-refractivity contribution in [1.29, 1.82) is 0 Å². The number of hydrogen-bond acceptors (Lipinski definition) is 4. The standard InChI is InChI=1S/C13H19N5O3/c1-13(2)11(20)18(12(21)17-13)6-4-10(19)15-5-3-9-7-14-8-16-9/h7-8H,3-6H2,1-2H3,(H,14,16)(H,15,19)(H,17,21). The number of hydrogen-bond donors (Lipinski definition) is 3. The minimum Gasteiger partial charge on any atom is -0.356 e. The number of nitrogens with one attached hydrogen (secondary N) is 3. The lowest BCUT2D eigenvalue weighted by atomic mass is 10.1. The van der Waals surface area contributed by atoms with Gasteiger partial charge in [0.2, 0.25) is 5.91 Å². The maximum atomic E-state index is 11.9. The fourth-order valence-corrected chi connectivity index (χ4v) is 2.08. The highest BCUT2D eigenvalue weighted by Crippen LogP contribution is 2.16. The maximum Gasteiger partial charge on any atom is 0.325 e. The molecule has 114 valence electrons. The van der Waals surface area contributed by atoms with Crippen LogP contribution >= 0.6 is 0 Å². The van der Waals surface area contributed by atoms with Crippen LogP contribution < -0.4 is 10.6 Å². The molecule has 2 heterocycles. The second kappa shape index (κ2) is 5.94. The van der Waals surface area contributed by atoms with Crippen molar-refractivity contribution in [2.45, 2.75) is 32.2 Å². The number of aromatic nitrogens is 2. The van der Waals surface area contributed by atoms with Crippen molar-refractivity contribution in [2.24, 2.45) is 0 Å². The van der Waals surface area contributed by atoms with Gasteiger partial charge in [-0.15, -0.1) is 0 Å². The van der Waals surface area contributed by atoms with Gasteiger partial charge in [0.25, 0.3) is 5.91 Å². The van der Waals surface area contributed by atoms with E-state index in [1.54, 1.807) is 26.4 Å². The molecule has 21 heavy (non-hydrogen) atoms. The lowest BCUT2D eigenvalue weighted by molar-refractivity contribution is -0.130. The zero-order valence-electron chi connectivity index (χ0n) is 12.1. The molecule has 0 radical (unpaired) electrons. The first-order valence-electron chi connectivity index (χ1n) is 6.78. The number of carbonyl (C=O) groups excluding carboxylic acids is 3. The van der Waals surface area contributed by atoms with Gasteiger partial charge in [0, 0.05) is 37.8 Å². The van der Waals surface area contributed by atoms with Gasteiger partial charge in [0.15, 0.2) is 0 Å². The minimum absolute atomic E-state index is 0.0873. The summed E-state index contributed by atoms with van der Waals surface area (Å²) in [5, 5.41) is 5.31. The molecule has 1 aliphatic rings. The summed E-state index contributed by atoms with van der Waals surface area (Å²) in [7, 11) is 0. The Bertz CT molecular complexity index is 538. The number of rotatable bonds is 6. The summed E-state index contributed by atoms with van der Waals surface area (Å²) in [4.78, 5) is 43.1. The third kappa shape index (κ3) is 3.59. The number of urea groups is 1. The highest BCUT2D eigenvalue weighted by atomic mass is 16.2. The van der Waals surface area contributed by atoms with E-state index in [0.717, 1.165) is 10.6 Å². The predicted octanol–water partition coefficient (Wildman–Crippen LogP) is -0.211. The molecule has 8 nitrogen and oxygen atoms in total. The number of imidazole rings is 1. The molecular weight excluding hydrogens is 274 g/mol. The van der Waals surface area contributed by atoms with E-state index in [1.807, 2.05) is 0 Å². The Morgan fingerprint density at radius 3 is 2.76 bits per heavy atom. The van der Waals surface area contributed by atoms with Crippen LogP contribution in [-0.2, 0) is 16.0 Å². The summed E-state index contributed by atoms with van der Waals surface area (Å²) in [5.74, 6) is -0.502. The van der Waals surface area contributed by atoms with Crippen molar-refractivity contribution >= 4 is 17.8 Å². The number of nitrogens with zero attached hydrogens (tertiary/aromatic N) is 2. The van der Waals surface area contributed by atoms with Crippen LogP contribution in [0.5, 0.6) is 0 Å². The molecule has 8 heteroatoms. The summed E-state index contributed by atoms with van der Waals surface area (Å²) in [6.45, 7) is 3.84. The number of H-pyrrole nitrogens is 1. The molecule has 0 unspecified atom stereocenters. The molecule has 0 spiro atoms. The van der Waals surface area contributed by atoms with Gasteiger partial charge in [-0.3, -0.25) is 14.5 Å². The highest BCUT2D eigenvalue weighted by molar-refractivity contribution is 6.06. The SMILES string of the molecule is CC1(C)NC(=O)N(CCC(=O)NCCc2cnc[nH]2)C1=O. The number of amides is 4. The summed E-state index contributed by atoms with van der Waals surface area (Å²) in [6, 6.07) is -0.449. The van der Waals surface area contributed by atoms with E-state index in [9.17, 15) is 14.4 Å². The average molecular weight is 293 g/mol. The zero-order chi connectivity index (χ0) is 15.5. The fraction of sp³-hybridized carbons (Fsp3) is 0.538. The molecule has 1 aliphatic heterocycles. The zero-order valence-corrected chi connectivity index (χ0v) is 12.1. The maximum absolute atomic E-state index is 11.9. The quantitative estimate of drug-likeness (QED) is 0.631. The van der Waals surface area contributed by atoms with Crippen molar-refractivity contribution in [1.82, 2.24) is 25.5 Å². The molecule has 0 atom stereocenters. The van der Waals surface area contributed by atoms with Gasteiger partial charge >= 0.3 is 6.03 Å². The summed E-state index contributed by atoms with van der Waals surface area (Å²) >= 11 is 0. The minimum atomic E-state index is -0.895. The number of aromatic amines is 1. The first-order chi connectivity index (χ1) is 9.90. The monoisotopic (exact) mass is 293 g/mol. The first kappa shape index (κ1) is 15.0. The molecule has 0 saturated carbocycles. The molecule has 0 aromatic carbocycles. The van der Waals surface area contributed by atoms with Gasteiger partial charge in [-0.1, -0.05) is 0 Å². The van der Waals surface area contributed by atoms with Crippen LogP contribution in [0.3, 0.4) is 0 Å². The van der Waals surface area contributed by atoms with Crippen molar-refractivity contribution in [3.05, 3.63) is 18.2 Å². The smallest absolute Gasteiger partial charge is 0.325 e. The third-order valence-corrected chi connectivity index (χ3v) is 3.28. The Morgan fingerprint density at radius 2 is 2.19 bits per heavy atom. The molecular formula is C13H19N5O3. The van der Waals surface area contributed by atoms with Crippen LogP contribution in [0.15, 0.2) is 12.5 Å². The van der Waals surface area contributed by atoms with Crippen LogP contribution in [0.4, 0.5) is 4.79 Å². The van der Waals surface area contributed by atoms with Crippen molar-refractivity contribution < 1.29 is 14.4 Å². The summed E-state index contributed by atoms with van der Waals surface area (Å²) in [6.07, 6.45) is 4.03. The van der Waals surface area contributed by atoms with Crippen molar-refractivity contribution in [3.8, 4) is 0 Å². The van der Waals surface area contributed by atoms with Crippen LogP contribution in [0.1, 0.15) is 26.0 Å². The van der Waals surface area contributed by atoms with Crippen molar-refractivity contribution in [3.63, 3.8) is 0 Å². The predicted molar refractivity (Wildman–Crippen MR) is 74.2 cm³/mol. The van der Waals surface area contributed by atoms with Crippen LogP contribution in [0.25, 0.3) is 0 Å². The summed E-state index contributed by atoms with van der Waals surface area (Å²) < 4.78 is 0. The molecule has 1 aromatic rings. The number of carbonyl (C=O) groups is 3. The molecule has 1 aromatic heterocycles. The summed E-state index contributed by atoms with van der Waals surface area (Å²) in [5.41, 5.74) is 0.0416. The van der Waals surface area contributed by atoms with E-state index >= 15 is 0 Å². The molecule has 4 amide bonds. The Morgan fingerprint density at radius 1 is 1.43 bits per heavy atom. The Kier molecular flexibility index (Phi) is 4.25. The van der Waals surface area contributed by atoms with E-state index in [-0.39, 0.29) is 24.8 Å². The van der Waals surface area contributed by atoms with Gasteiger partial charge in [0.05, 0.1) is 6.33 Å². The highest BCUT2D eigenvalue weighted by Gasteiger charge is 2.43. The molecule has 0 bridgehead atoms. The Hall–Kier alpha value is -2.38. The lowest BCUT2D eigenvalue weighted by Crippen LogP contribution is -2.40. The van der Waals surface area contributed by atoms with Crippen LogP contribution in [0.2, 0.25) is 0 Å². The third-order valence-electron chi connectivity index (χ3n) is 3.28. The van der Waals surface area contributed by atoms with Crippen molar-refractivity contribution in [2.75, 3.05) is 13.1 Å². The molecule has 3 N–H and O–H groups in total. The average Bonchev–Trinajstić information content (AvgIpc) is 2.97. The first-order valence-corrected chi connectivity index (χ1v) is 6.78. The van der Waals surface area contributed by atoms with E-state index in [0.29, 0.717) is 13.0 Å². The molecule has 1 saturated heterocycles. The van der Waals surface area contributed by atoms with Crippen LogP contribution in [0, 0.1) is 0 Å². The van der Waals surface area contributed by atoms with Gasteiger partial charge < -0.3 is 15.6 Å². The number of imide groups is 1. The van der Waals surface area contributed by atoms with Gasteiger partial charge in [0.1, 0.15) is 5.54 Å². The molecule has 1 fully saturated rings. The van der Waals surface area contributed by atoms with E-state index in [1.165, 1.54) is 0 Å². The normalized spacial score (nSPS) is 17.0. The second-order valence-corrected chi connectivity index (χ2v) is 5.44. The Labute approximate surface area is 122 Å².